The Morgan fingerprint density at radius 1 is 1.50 bits per heavy atom. The molecule has 0 bridgehead atoms. The topological polar surface area (TPSA) is 37.3 Å². The van der Waals surface area contributed by atoms with Gasteiger partial charge in [-0.2, -0.15) is 0 Å². The number of carbonyl (C=O) groups is 1. The average Bonchev–Trinajstić information content (AvgIpc) is 1.60. The number of carboxylic acid groups (broad SMARTS) is 1. The highest BCUT2D eigenvalue weighted by Gasteiger charge is 2.21. The minimum absolute atomic E-state index is 0.487. The lowest BCUT2D eigenvalue weighted by atomic mass is 10.3. The Labute approximate surface area is 63.9 Å². The van der Waals surface area contributed by atoms with Gasteiger partial charge in [0.05, 0.1) is 0 Å². The van der Waals surface area contributed by atoms with Crippen LogP contribution < -0.4 is 0 Å². The second-order valence-corrected chi connectivity index (χ2v) is 7.12. The fraction of sp³-hybridized carbons (Fsp3) is 0.857. The van der Waals surface area contributed by atoms with Gasteiger partial charge < -0.3 is 5.11 Å². The first-order valence-electron chi connectivity index (χ1n) is 3.30. The van der Waals surface area contributed by atoms with Crippen molar-refractivity contribution < 1.29 is 9.90 Å². The van der Waals surface area contributed by atoms with Gasteiger partial charge in [0.15, 0.2) is 0 Å². The van der Waals surface area contributed by atoms with Gasteiger partial charge in [0.1, 0.15) is 0 Å². The molecule has 0 aromatic heterocycles. The molecular formula is C7H16O2S. The third kappa shape index (κ3) is 3.11. The highest BCUT2D eigenvalue weighted by atomic mass is 32.3. The molecule has 0 radical (unpaired) electrons. The summed E-state index contributed by atoms with van der Waals surface area (Å²) >= 11 is 0. The van der Waals surface area contributed by atoms with Crippen LogP contribution in [0.3, 0.4) is 0 Å². The largest absolute Gasteiger partial charge is 0.474 e. The zero-order chi connectivity index (χ0) is 8.36. The van der Waals surface area contributed by atoms with E-state index in [-0.39, 0.29) is 0 Å². The van der Waals surface area contributed by atoms with Crippen LogP contribution in [0.25, 0.3) is 0 Å². The predicted molar refractivity (Wildman–Crippen MR) is 47.2 cm³/mol. The van der Waals surface area contributed by atoms with Crippen LogP contribution in [0, 0.1) is 5.92 Å². The van der Waals surface area contributed by atoms with Gasteiger partial charge in [-0.1, -0.05) is 13.8 Å². The molecule has 0 aromatic rings. The molecule has 0 aliphatic carbocycles. The maximum absolute atomic E-state index is 10.6. The summed E-state index contributed by atoms with van der Waals surface area (Å²) in [6.45, 7) is 4.11. The second kappa shape index (κ2) is 3.28. The number of hydrogen-bond acceptors (Lipinski definition) is 1. The van der Waals surface area contributed by atoms with Gasteiger partial charge >= 0.3 is 5.30 Å². The summed E-state index contributed by atoms with van der Waals surface area (Å²) in [5, 5.41) is 8.10. The summed E-state index contributed by atoms with van der Waals surface area (Å²) in [6, 6.07) is 0. The smallest absolute Gasteiger partial charge is 0.346 e. The molecule has 0 fully saturated rings. The summed E-state index contributed by atoms with van der Waals surface area (Å²) < 4.78 is 0. The van der Waals surface area contributed by atoms with Gasteiger partial charge in [0.2, 0.25) is 0 Å². The molecule has 0 unspecified atom stereocenters. The van der Waals surface area contributed by atoms with Gasteiger partial charge in [-0.25, -0.2) is 4.79 Å². The van der Waals surface area contributed by atoms with Crippen LogP contribution in [0.1, 0.15) is 13.8 Å². The van der Waals surface area contributed by atoms with Gasteiger partial charge in [-0.3, -0.25) is 0 Å². The fourth-order valence-corrected chi connectivity index (χ4v) is 2.71. The zero-order valence-electron chi connectivity index (χ0n) is 7.05. The van der Waals surface area contributed by atoms with Crippen LogP contribution in [-0.4, -0.2) is 28.7 Å². The normalized spacial score (nSPS) is 13.7. The molecule has 0 saturated carbocycles. The van der Waals surface area contributed by atoms with Gasteiger partial charge in [-0.15, -0.1) is 10.0 Å². The minimum atomic E-state index is -1.38. The molecule has 1 N–H and O–H groups in total. The van der Waals surface area contributed by atoms with E-state index < -0.39 is 15.3 Å². The molecule has 0 rings (SSSR count). The molecule has 62 valence electrons. The quantitative estimate of drug-likeness (QED) is 0.680. The van der Waals surface area contributed by atoms with E-state index in [0.29, 0.717) is 5.92 Å². The molecule has 10 heavy (non-hydrogen) atoms. The standard InChI is InChI=1S/C7H16O2S/c1-6(2)5-10(3,4)7(8)9/h6H,5H2,1-4H3,(H,8,9). The lowest BCUT2D eigenvalue weighted by Gasteiger charge is -2.26. The third-order valence-electron chi connectivity index (χ3n) is 1.22. The molecule has 0 aliphatic rings. The monoisotopic (exact) mass is 164 g/mol. The van der Waals surface area contributed by atoms with Crippen molar-refractivity contribution in [3.8, 4) is 0 Å². The zero-order valence-corrected chi connectivity index (χ0v) is 7.86. The minimum Gasteiger partial charge on any atom is -0.474 e. The Bertz CT molecular complexity index is 130. The van der Waals surface area contributed by atoms with Crippen molar-refractivity contribution in [2.75, 3.05) is 18.3 Å². The van der Waals surface area contributed by atoms with E-state index in [2.05, 4.69) is 13.8 Å². The van der Waals surface area contributed by atoms with Crippen molar-refractivity contribution in [3.05, 3.63) is 0 Å². The van der Waals surface area contributed by atoms with Crippen molar-refractivity contribution in [1.29, 1.82) is 0 Å². The van der Waals surface area contributed by atoms with E-state index in [4.69, 9.17) is 5.11 Å². The summed E-state index contributed by atoms with van der Waals surface area (Å²) in [6.07, 6.45) is 3.69. The summed E-state index contributed by atoms with van der Waals surface area (Å²) in [5.41, 5.74) is 0. The van der Waals surface area contributed by atoms with E-state index in [1.54, 1.807) is 0 Å². The number of rotatable bonds is 2. The van der Waals surface area contributed by atoms with Crippen molar-refractivity contribution in [2.45, 2.75) is 13.8 Å². The molecule has 3 heteroatoms. The summed E-state index contributed by atoms with van der Waals surface area (Å²) in [4.78, 5) is 10.6. The Morgan fingerprint density at radius 2 is 1.90 bits per heavy atom. The highest BCUT2D eigenvalue weighted by molar-refractivity contribution is 8.43. The van der Waals surface area contributed by atoms with E-state index in [0.717, 1.165) is 5.75 Å². The number of hydrogen-bond donors (Lipinski definition) is 1. The van der Waals surface area contributed by atoms with Crippen LogP contribution in [0.5, 0.6) is 0 Å². The van der Waals surface area contributed by atoms with Crippen LogP contribution in [0.15, 0.2) is 0 Å². The molecule has 0 atom stereocenters. The van der Waals surface area contributed by atoms with Crippen LogP contribution in [-0.2, 0) is 0 Å². The average molecular weight is 164 g/mol. The van der Waals surface area contributed by atoms with Crippen molar-refractivity contribution in [1.82, 2.24) is 0 Å². The maximum Gasteiger partial charge on any atom is 0.346 e. The SMILES string of the molecule is CC(C)CS(C)(C)C(=O)O. The van der Waals surface area contributed by atoms with Crippen molar-refractivity contribution in [2.24, 2.45) is 5.92 Å². The third-order valence-corrected chi connectivity index (χ3v) is 3.67. The van der Waals surface area contributed by atoms with E-state index >= 15 is 0 Å². The van der Waals surface area contributed by atoms with Crippen LogP contribution in [0.4, 0.5) is 4.79 Å². The Balaban J connectivity index is 4.00. The molecule has 0 aliphatic heterocycles. The van der Waals surface area contributed by atoms with Crippen molar-refractivity contribution >= 4 is 15.3 Å². The Hall–Kier alpha value is -0.180. The molecule has 0 spiro atoms. The first-order valence-corrected chi connectivity index (χ1v) is 5.92. The van der Waals surface area contributed by atoms with Gasteiger partial charge in [-0.05, 0) is 24.2 Å². The summed E-state index contributed by atoms with van der Waals surface area (Å²) in [7, 11) is -1.38. The molecule has 0 saturated heterocycles. The second-order valence-electron chi connectivity index (χ2n) is 3.36. The first kappa shape index (κ1) is 9.82. The van der Waals surface area contributed by atoms with Crippen LogP contribution >= 0.6 is 10.0 Å². The maximum atomic E-state index is 10.6. The molecule has 0 heterocycles. The van der Waals surface area contributed by atoms with E-state index in [1.807, 2.05) is 12.5 Å². The molecular weight excluding hydrogens is 148 g/mol. The molecule has 0 aromatic carbocycles. The fourth-order valence-electron chi connectivity index (χ4n) is 0.905. The molecule has 2 nitrogen and oxygen atoms in total. The van der Waals surface area contributed by atoms with E-state index in [9.17, 15) is 4.79 Å². The Morgan fingerprint density at radius 3 is 2.00 bits per heavy atom. The predicted octanol–water partition coefficient (Wildman–Crippen LogP) is 2.38. The first-order chi connectivity index (χ1) is 4.36. The van der Waals surface area contributed by atoms with E-state index in [1.165, 1.54) is 0 Å². The summed E-state index contributed by atoms with van der Waals surface area (Å²) in [5.74, 6) is 1.31. The Kier molecular flexibility index (Phi) is 3.22. The lowest BCUT2D eigenvalue weighted by molar-refractivity contribution is 0.221. The molecule has 0 amide bonds. The highest BCUT2D eigenvalue weighted by Crippen LogP contribution is 2.41. The lowest BCUT2D eigenvalue weighted by Crippen LogP contribution is -2.14. The van der Waals surface area contributed by atoms with Gasteiger partial charge in [0, 0.05) is 0 Å². The van der Waals surface area contributed by atoms with Gasteiger partial charge in [0.25, 0.3) is 0 Å². The van der Waals surface area contributed by atoms with Crippen molar-refractivity contribution in [3.63, 3.8) is 0 Å². The van der Waals surface area contributed by atoms with Crippen LogP contribution in [0.2, 0.25) is 0 Å².